The van der Waals surface area contributed by atoms with Gasteiger partial charge in [0.15, 0.2) is 23.7 Å². The third-order valence-corrected chi connectivity index (χ3v) is 4.33. The minimum atomic E-state index is -0.644. The maximum atomic E-state index is 12.8. The third-order valence-electron chi connectivity index (χ3n) is 4.33. The van der Waals surface area contributed by atoms with Gasteiger partial charge in [0.05, 0.1) is 18.2 Å². The van der Waals surface area contributed by atoms with Crippen molar-refractivity contribution < 1.29 is 19.0 Å². The van der Waals surface area contributed by atoms with Crippen molar-refractivity contribution in [1.82, 2.24) is 4.90 Å². The van der Waals surface area contributed by atoms with Gasteiger partial charge in [-0.2, -0.15) is 5.26 Å². The number of hydrogen-bond donors (Lipinski definition) is 0. The van der Waals surface area contributed by atoms with Crippen LogP contribution in [0.3, 0.4) is 0 Å². The Bertz CT molecular complexity index is 829. The van der Waals surface area contributed by atoms with Crippen LogP contribution in [0.15, 0.2) is 48.5 Å². The van der Waals surface area contributed by atoms with E-state index in [1.807, 2.05) is 31.2 Å². The van der Waals surface area contributed by atoms with Gasteiger partial charge in [0.1, 0.15) is 12.4 Å². The van der Waals surface area contributed by atoms with Crippen LogP contribution in [0.5, 0.6) is 17.2 Å². The molecule has 1 aliphatic heterocycles. The Morgan fingerprint density at radius 2 is 1.96 bits per heavy atom. The number of fused-ring (bicyclic) bond motifs is 1. The SMILES string of the molecule is CCN(CC1COc2ccccc2O1)C(=O)C(C)Oc1ccc(C#N)cc1. The fraction of sp³-hybridized carbons (Fsp3) is 0.333. The summed E-state index contributed by atoms with van der Waals surface area (Å²) in [5.41, 5.74) is 0.547. The Morgan fingerprint density at radius 3 is 2.63 bits per heavy atom. The van der Waals surface area contributed by atoms with Gasteiger partial charge in [-0.1, -0.05) is 12.1 Å². The number of carbonyl (C=O) groups excluding carboxylic acids is 1. The van der Waals surface area contributed by atoms with Crippen LogP contribution in [0.1, 0.15) is 19.4 Å². The lowest BCUT2D eigenvalue weighted by Crippen LogP contribution is -2.47. The number of likely N-dealkylation sites (N-methyl/N-ethyl adjacent to an activating group) is 1. The van der Waals surface area contributed by atoms with E-state index in [0.717, 1.165) is 5.75 Å². The Hall–Kier alpha value is -3.20. The van der Waals surface area contributed by atoms with E-state index in [2.05, 4.69) is 6.07 Å². The molecule has 0 bridgehead atoms. The van der Waals surface area contributed by atoms with Gasteiger partial charge in [0, 0.05) is 6.54 Å². The number of rotatable bonds is 6. The highest BCUT2D eigenvalue weighted by Gasteiger charge is 2.27. The van der Waals surface area contributed by atoms with Crippen LogP contribution in [0, 0.1) is 11.3 Å². The van der Waals surface area contributed by atoms with E-state index in [0.29, 0.717) is 36.8 Å². The highest BCUT2D eigenvalue weighted by Crippen LogP contribution is 2.31. The molecule has 1 aliphatic rings. The highest BCUT2D eigenvalue weighted by molar-refractivity contribution is 5.81. The molecule has 0 spiro atoms. The van der Waals surface area contributed by atoms with E-state index in [4.69, 9.17) is 19.5 Å². The number of nitrogens with zero attached hydrogens (tertiary/aromatic N) is 2. The van der Waals surface area contributed by atoms with Crippen molar-refractivity contribution in [2.24, 2.45) is 0 Å². The van der Waals surface area contributed by atoms with Crippen molar-refractivity contribution in [3.63, 3.8) is 0 Å². The van der Waals surface area contributed by atoms with Gasteiger partial charge < -0.3 is 19.1 Å². The van der Waals surface area contributed by atoms with Gasteiger partial charge in [0.2, 0.25) is 0 Å². The average Bonchev–Trinajstić information content (AvgIpc) is 2.72. The molecule has 1 heterocycles. The van der Waals surface area contributed by atoms with Crippen molar-refractivity contribution in [2.45, 2.75) is 26.1 Å². The van der Waals surface area contributed by atoms with Gasteiger partial charge in [0.25, 0.3) is 5.91 Å². The van der Waals surface area contributed by atoms with E-state index in [1.54, 1.807) is 36.1 Å². The Kier molecular flexibility index (Phi) is 5.82. The molecule has 1 amide bonds. The second-order valence-corrected chi connectivity index (χ2v) is 6.27. The molecule has 6 nitrogen and oxygen atoms in total. The van der Waals surface area contributed by atoms with E-state index in [9.17, 15) is 4.79 Å². The number of amides is 1. The summed E-state index contributed by atoms with van der Waals surface area (Å²) in [5.74, 6) is 1.85. The predicted octanol–water partition coefficient (Wildman–Crippen LogP) is 3.01. The summed E-state index contributed by atoms with van der Waals surface area (Å²) >= 11 is 0. The molecule has 2 unspecified atom stereocenters. The molecule has 3 rings (SSSR count). The molecular weight excluding hydrogens is 344 g/mol. The molecule has 0 aliphatic carbocycles. The monoisotopic (exact) mass is 366 g/mol. The largest absolute Gasteiger partial charge is 0.486 e. The first-order chi connectivity index (χ1) is 13.1. The number of nitriles is 1. The fourth-order valence-electron chi connectivity index (χ4n) is 2.89. The average molecular weight is 366 g/mol. The van der Waals surface area contributed by atoms with Crippen molar-refractivity contribution in [1.29, 1.82) is 5.26 Å². The smallest absolute Gasteiger partial charge is 0.263 e. The van der Waals surface area contributed by atoms with E-state index >= 15 is 0 Å². The standard InChI is InChI=1S/C21H22N2O4/c1-3-23(13-18-14-25-19-6-4-5-7-20(19)27-18)21(24)15(2)26-17-10-8-16(12-22)9-11-17/h4-11,15,18H,3,13-14H2,1-2H3. The number of hydrogen-bond acceptors (Lipinski definition) is 5. The second-order valence-electron chi connectivity index (χ2n) is 6.27. The van der Waals surface area contributed by atoms with Crippen molar-refractivity contribution in [3.05, 3.63) is 54.1 Å². The molecule has 2 atom stereocenters. The highest BCUT2D eigenvalue weighted by atomic mass is 16.6. The van der Waals surface area contributed by atoms with Crippen molar-refractivity contribution >= 4 is 5.91 Å². The molecule has 0 N–H and O–H groups in total. The van der Waals surface area contributed by atoms with Crippen LogP contribution >= 0.6 is 0 Å². The summed E-state index contributed by atoms with van der Waals surface area (Å²) in [6.45, 7) is 5.00. The second kappa shape index (κ2) is 8.45. The number of benzene rings is 2. The van der Waals surface area contributed by atoms with E-state index in [-0.39, 0.29) is 12.0 Å². The summed E-state index contributed by atoms with van der Waals surface area (Å²) in [6.07, 6.45) is -0.874. The lowest BCUT2D eigenvalue weighted by atomic mass is 10.2. The molecule has 0 saturated carbocycles. The van der Waals surface area contributed by atoms with Gasteiger partial charge >= 0.3 is 0 Å². The van der Waals surface area contributed by atoms with E-state index < -0.39 is 6.10 Å². The third kappa shape index (κ3) is 4.50. The Labute approximate surface area is 158 Å². The first kappa shape index (κ1) is 18.6. The van der Waals surface area contributed by atoms with Crippen LogP contribution in [0.25, 0.3) is 0 Å². The Morgan fingerprint density at radius 1 is 1.26 bits per heavy atom. The van der Waals surface area contributed by atoms with Gasteiger partial charge in [-0.05, 0) is 50.2 Å². The Balaban J connectivity index is 1.59. The van der Waals surface area contributed by atoms with Crippen LogP contribution in [-0.4, -0.2) is 42.7 Å². The maximum absolute atomic E-state index is 12.8. The summed E-state index contributed by atoms with van der Waals surface area (Å²) in [6, 6.07) is 16.3. The zero-order valence-electron chi connectivity index (χ0n) is 15.4. The lowest BCUT2D eigenvalue weighted by Gasteiger charge is -2.32. The van der Waals surface area contributed by atoms with E-state index in [1.165, 1.54) is 0 Å². The molecule has 0 aromatic heterocycles. The first-order valence-corrected chi connectivity index (χ1v) is 8.94. The molecular formula is C21H22N2O4. The zero-order chi connectivity index (χ0) is 19.2. The summed E-state index contributed by atoms with van der Waals surface area (Å²) in [4.78, 5) is 14.5. The minimum absolute atomic E-state index is 0.121. The molecule has 27 heavy (non-hydrogen) atoms. The predicted molar refractivity (Wildman–Crippen MR) is 99.9 cm³/mol. The molecule has 140 valence electrons. The molecule has 6 heteroatoms. The molecule has 0 fully saturated rings. The minimum Gasteiger partial charge on any atom is -0.486 e. The first-order valence-electron chi connectivity index (χ1n) is 8.94. The van der Waals surface area contributed by atoms with Gasteiger partial charge in [-0.15, -0.1) is 0 Å². The molecule has 2 aromatic carbocycles. The van der Waals surface area contributed by atoms with Crippen LogP contribution in [-0.2, 0) is 4.79 Å². The number of para-hydroxylation sites is 2. The topological polar surface area (TPSA) is 71.8 Å². The molecule has 2 aromatic rings. The maximum Gasteiger partial charge on any atom is 0.263 e. The normalized spacial score (nSPS) is 16.1. The van der Waals surface area contributed by atoms with Gasteiger partial charge in [-0.25, -0.2) is 0 Å². The van der Waals surface area contributed by atoms with Crippen molar-refractivity contribution in [3.8, 4) is 23.3 Å². The molecule has 0 saturated heterocycles. The van der Waals surface area contributed by atoms with Gasteiger partial charge in [-0.3, -0.25) is 4.79 Å². The zero-order valence-corrected chi connectivity index (χ0v) is 15.4. The van der Waals surface area contributed by atoms with Crippen LogP contribution in [0.2, 0.25) is 0 Å². The molecule has 0 radical (unpaired) electrons. The lowest BCUT2D eigenvalue weighted by molar-refractivity contribution is -0.139. The van der Waals surface area contributed by atoms with Crippen molar-refractivity contribution in [2.75, 3.05) is 19.7 Å². The number of ether oxygens (including phenoxy) is 3. The van der Waals surface area contributed by atoms with Crippen LogP contribution in [0.4, 0.5) is 0 Å². The number of carbonyl (C=O) groups is 1. The quantitative estimate of drug-likeness (QED) is 0.786. The van der Waals surface area contributed by atoms with Crippen LogP contribution < -0.4 is 14.2 Å². The summed E-state index contributed by atoms with van der Waals surface area (Å²) in [5, 5.41) is 8.85. The fourth-order valence-corrected chi connectivity index (χ4v) is 2.89. The summed E-state index contributed by atoms with van der Waals surface area (Å²) < 4.78 is 17.4. The summed E-state index contributed by atoms with van der Waals surface area (Å²) in [7, 11) is 0.